The van der Waals surface area contributed by atoms with Gasteiger partial charge < -0.3 is 9.51 Å². The molecule has 1 aromatic heterocycles. The zero-order valence-corrected chi connectivity index (χ0v) is 12.1. The van der Waals surface area contributed by atoms with Crippen LogP contribution in [0.4, 0.5) is 0 Å². The highest BCUT2D eigenvalue weighted by Crippen LogP contribution is 2.47. The number of fused-ring (bicyclic) bond motifs is 1. The summed E-state index contributed by atoms with van der Waals surface area (Å²) in [4.78, 5) is 22.1. The number of aromatic amines is 1. The van der Waals surface area contributed by atoms with Gasteiger partial charge >= 0.3 is 12.9 Å². The topological polar surface area (TPSA) is 112 Å². The number of phosphoric ester groups is 1. The monoisotopic (exact) mass is 371 g/mol. The molecule has 0 aliphatic carbocycles. The SMILES string of the molecule is O=[N+](O)OP(=O)(O)Oc1c[nH]c2ccc(Br)c(Cl)c12. The van der Waals surface area contributed by atoms with E-state index in [-0.39, 0.29) is 10.8 Å². The molecule has 0 fully saturated rings. The Kier molecular flexibility index (Phi) is 3.73. The van der Waals surface area contributed by atoms with Crippen LogP contribution in [0.5, 0.6) is 5.75 Å². The fourth-order valence-electron chi connectivity index (χ4n) is 1.43. The van der Waals surface area contributed by atoms with E-state index in [2.05, 4.69) is 30.1 Å². The number of benzene rings is 1. The Morgan fingerprint density at radius 2 is 2.16 bits per heavy atom. The lowest BCUT2D eigenvalue weighted by Gasteiger charge is -2.05. The van der Waals surface area contributed by atoms with Crippen molar-refractivity contribution >= 4 is 46.3 Å². The number of aromatic nitrogens is 1. The summed E-state index contributed by atoms with van der Waals surface area (Å²) in [6, 6.07) is 3.33. The summed E-state index contributed by atoms with van der Waals surface area (Å²) in [5, 5.41) is 7.64. The fourth-order valence-corrected chi connectivity index (χ4v) is 2.62. The zero-order chi connectivity index (χ0) is 14.2. The zero-order valence-electron chi connectivity index (χ0n) is 8.91. The minimum atomic E-state index is -4.81. The minimum Gasteiger partial charge on any atom is -0.390 e. The van der Waals surface area contributed by atoms with Gasteiger partial charge in [-0.05, 0) is 28.1 Å². The van der Waals surface area contributed by atoms with Crippen molar-refractivity contribution in [1.82, 2.24) is 4.98 Å². The molecule has 11 heteroatoms. The maximum absolute atomic E-state index is 11.4. The molecule has 2 aromatic rings. The van der Waals surface area contributed by atoms with Gasteiger partial charge in [-0.25, -0.2) is 9.77 Å². The van der Waals surface area contributed by atoms with Gasteiger partial charge in [0.15, 0.2) is 5.75 Å². The molecule has 0 radical (unpaired) electrons. The fraction of sp³-hybridized carbons (Fsp3) is 0. The van der Waals surface area contributed by atoms with Crippen molar-refractivity contribution in [3.05, 3.63) is 32.7 Å². The van der Waals surface area contributed by atoms with Gasteiger partial charge in [-0.15, -0.1) is 0 Å². The van der Waals surface area contributed by atoms with Crippen LogP contribution in [-0.4, -0.2) is 20.2 Å². The third-order valence-electron chi connectivity index (χ3n) is 2.09. The van der Waals surface area contributed by atoms with Crippen LogP contribution in [-0.2, 0) is 9.19 Å². The van der Waals surface area contributed by atoms with Crippen molar-refractivity contribution in [2.24, 2.45) is 0 Å². The normalized spacial score (nSPS) is 14.1. The summed E-state index contributed by atoms with van der Waals surface area (Å²) < 4.78 is 20.3. The van der Waals surface area contributed by atoms with E-state index in [1.165, 1.54) is 6.20 Å². The predicted molar refractivity (Wildman–Crippen MR) is 68.0 cm³/mol. The van der Waals surface area contributed by atoms with Crippen molar-refractivity contribution in [2.75, 3.05) is 0 Å². The van der Waals surface area contributed by atoms with E-state index >= 15 is 0 Å². The molecular weight excluding hydrogens is 366 g/mol. The summed E-state index contributed by atoms with van der Waals surface area (Å²) >= 11 is 9.22. The molecule has 8 nitrogen and oxygen atoms in total. The molecule has 0 amide bonds. The Morgan fingerprint density at radius 3 is 2.79 bits per heavy atom. The average molecular weight is 372 g/mol. The van der Waals surface area contributed by atoms with Crippen LogP contribution in [0.1, 0.15) is 0 Å². The highest BCUT2D eigenvalue weighted by Gasteiger charge is 2.36. The Labute approximate surface area is 119 Å². The van der Waals surface area contributed by atoms with Gasteiger partial charge in [-0.2, -0.15) is 0 Å². The second-order valence-electron chi connectivity index (χ2n) is 3.32. The van der Waals surface area contributed by atoms with Gasteiger partial charge in [0, 0.05) is 10.7 Å². The van der Waals surface area contributed by atoms with Crippen LogP contribution >= 0.6 is 35.4 Å². The van der Waals surface area contributed by atoms with E-state index in [1.807, 2.05) is 0 Å². The highest BCUT2D eigenvalue weighted by atomic mass is 79.9. The number of hydrogen-bond acceptors (Lipinski definition) is 4. The van der Waals surface area contributed by atoms with Crippen LogP contribution in [0.3, 0.4) is 0 Å². The predicted octanol–water partition coefficient (Wildman–Crippen LogP) is 3.16. The Morgan fingerprint density at radius 1 is 1.47 bits per heavy atom. The summed E-state index contributed by atoms with van der Waals surface area (Å²) in [7, 11) is -4.81. The van der Waals surface area contributed by atoms with Gasteiger partial charge in [0.2, 0.25) is 0 Å². The van der Waals surface area contributed by atoms with Gasteiger partial charge in [-0.3, -0.25) is 4.89 Å². The molecule has 0 aliphatic rings. The molecule has 1 aromatic carbocycles. The lowest BCUT2D eigenvalue weighted by molar-refractivity contribution is -0.950. The Bertz CT molecular complexity index is 704. The summed E-state index contributed by atoms with van der Waals surface area (Å²) in [5.41, 5.74) is 0.547. The summed E-state index contributed by atoms with van der Waals surface area (Å²) in [6.45, 7) is 0. The van der Waals surface area contributed by atoms with Crippen LogP contribution in [0, 0.1) is 4.91 Å². The number of H-pyrrole nitrogens is 1. The minimum absolute atomic E-state index is 0.103. The maximum atomic E-state index is 11.4. The van der Waals surface area contributed by atoms with Crippen molar-refractivity contribution in [3.8, 4) is 5.75 Å². The first kappa shape index (κ1) is 14.1. The quantitative estimate of drug-likeness (QED) is 0.561. The van der Waals surface area contributed by atoms with E-state index in [1.54, 1.807) is 12.1 Å². The molecule has 1 heterocycles. The molecule has 3 N–H and O–H groups in total. The lowest BCUT2D eigenvalue weighted by atomic mass is 10.2. The van der Waals surface area contributed by atoms with Crippen molar-refractivity contribution < 1.29 is 28.9 Å². The maximum Gasteiger partial charge on any atom is 0.651 e. The number of rotatable bonds is 4. The van der Waals surface area contributed by atoms with E-state index in [9.17, 15) is 14.4 Å². The molecule has 0 saturated carbocycles. The van der Waals surface area contributed by atoms with Gasteiger partial charge in [0.05, 0.1) is 15.9 Å². The van der Waals surface area contributed by atoms with Gasteiger partial charge in [-0.1, -0.05) is 16.2 Å². The number of nitrogens with zero attached hydrogens (tertiary/aromatic N) is 1. The summed E-state index contributed by atoms with van der Waals surface area (Å²) in [6.07, 6.45) is 1.27. The molecule has 1 atom stereocenters. The average Bonchev–Trinajstić information content (AvgIpc) is 2.65. The second-order valence-corrected chi connectivity index (χ2v) is 5.83. The van der Waals surface area contributed by atoms with Crippen LogP contribution in [0.25, 0.3) is 10.9 Å². The van der Waals surface area contributed by atoms with Gasteiger partial charge in [0.25, 0.3) is 0 Å². The number of nitrogens with one attached hydrogen (secondary N) is 1. The molecule has 2 rings (SSSR count). The molecule has 0 saturated heterocycles. The number of halogens is 2. The van der Waals surface area contributed by atoms with Crippen molar-refractivity contribution in [2.45, 2.75) is 0 Å². The first-order valence-electron chi connectivity index (χ1n) is 4.63. The molecule has 0 bridgehead atoms. The largest absolute Gasteiger partial charge is 0.651 e. The second kappa shape index (κ2) is 5.01. The third kappa shape index (κ3) is 3.01. The molecule has 102 valence electrons. The first-order chi connectivity index (χ1) is 8.80. The van der Waals surface area contributed by atoms with Crippen LogP contribution in [0.2, 0.25) is 5.02 Å². The first-order valence-corrected chi connectivity index (χ1v) is 7.30. The molecule has 0 spiro atoms. The van der Waals surface area contributed by atoms with Crippen molar-refractivity contribution in [3.63, 3.8) is 0 Å². The highest BCUT2D eigenvalue weighted by molar-refractivity contribution is 9.10. The van der Waals surface area contributed by atoms with E-state index < -0.39 is 12.9 Å². The van der Waals surface area contributed by atoms with E-state index in [0.29, 0.717) is 15.4 Å². The summed E-state index contributed by atoms with van der Waals surface area (Å²) in [5.74, 6) is -0.103. The van der Waals surface area contributed by atoms with E-state index in [4.69, 9.17) is 16.8 Å². The smallest absolute Gasteiger partial charge is 0.390 e. The standard InChI is InChI=1S/C8H5BrClN2O6P/c9-4-1-2-5-7(8(4)10)6(3-11-5)17-19(15,16)18-12(13)14/h1-3,11H,(H-,13,14,15,16)/p+1. The molecule has 1 unspecified atom stereocenters. The molecule has 19 heavy (non-hydrogen) atoms. The molecule has 0 aliphatic heterocycles. The third-order valence-corrected chi connectivity index (χ3v) is 4.14. The van der Waals surface area contributed by atoms with Gasteiger partial charge in [0.1, 0.15) is 4.91 Å². The Balaban J connectivity index is 2.44. The molecular formula is C8H6BrClN2O6P+. The number of phosphoric acid groups is 1. The van der Waals surface area contributed by atoms with Crippen LogP contribution in [0.15, 0.2) is 22.8 Å². The number of hydrogen-bond donors (Lipinski definition) is 3. The van der Waals surface area contributed by atoms with Crippen molar-refractivity contribution in [1.29, 1.82) is 0 Å². The van der Waals surface area contributed by atoms with Crippen LogP contribution < -0.4 is 4.52 Å². The Hall–Kier alpha value is -1.28. The van der Waals surface area contributed by atoms with E-state index in [0.717, 1.165) is 0 Å². The lowest BCUT2D eigenvalue weighted by Crippen LogP contribution is -2.05.